The van der Waals surface area contributed by atoms with Gasteiger partial charge in [0.05, 0.1) is 0 Å². The van der Waals surface area contributed by atoms with Crippen LogP contribution in [0.2, 0.25) is 0 Å². The highest BCUT2D eigenvalue weighted by molar-refractivity contribution is 4.88. The van der Waals surface area contributed by atoms with E-state index in [2.05, 4.69) is 51.8 Å². The quantitative estimate of drug-likeness (QED) is 0.775. The summed E-state index contributed by atoms with van der Waals surface area (Å²) in [6.45, 7) is 17.6. The maximum absolute atomic E-state index is 3.59. The summed E-state index contributed by atoms with van der Waals surface area (Å²) in [5.74, 6) is 0.736. The number of rotatable bonds is 5. The first-order valence-electron chi connectivity index (χ1n) is 6.79. The Morgan fingerprint density at radius 3 is 2.19 bits per heavy atom. The molecule has 0 aromatic carbocycles. The molecule has 96 valence electrons. The molecule has 0 spiro atoms. The van der Waals surface area contributed by atoms with E-state index in [4.69, 9.17) is 0 Å². The lowest BCUT2D eigenvalue weighted by atomic mass is 9.93. The molecule has 0 aromatic rings. The van der Waals surface area contributed by atoms with Gasteiger partial charge in [0, 0.05) is 25.2 Å². The van der Waals surface area contributed by atoms with Gasteiger partial charge in [-0.3, -0.25) is 4.90 Å². The van der Waals surface area contributed by atoms with E-state index in [9.17, 15) is 0 Å². The van der Waals surface area contributed by atoms with Gasteiger partial charge in [-0.05, 0) is 24.3 Å². The van der Waals surface area contributed by atoms with Crippen molar-refractivity contribution in [3.8, 4) is 0 Å². The van der Waals surface area contributed by atoms with E-state index in [0.717, 1.165) is 12.5 Å². The van der Waals surface area contributed by atoms with E-state index >= 15 is 0 Å². The fourth-order valence-electron chi connectivity index (χ4n) is 2.58. The Labute approximate surface area is 102 Å². The summed E-state index contributed by atoms with van der Waals surface area (Å²) in [6.07, 6.45) is 1.35. The summed E-state index contributed by atoms with van der Waals surface area (Å²) in [5, 5.41) is 3.59. The Bertz CT molecular complexity index is 209. The van der Waals surface area contributed by atoms with E-state index in [0.29, 0.717) is 17.5 Å². The standard InChI is InChI=1S/C14H30N2/c1-11(2)13(9-15-12(3)4)16-8-7-14(5,6)10-16/h11-13,15H,7-10H2,1-6H3. The number of nitrogens with one attached hydrogen (secondary N) is 1. The molecule has 1 aliphatic rings. The fraction of sp³-hybridized carbons (Fsp3) is 1.00. The van der Waals surface area contributed by atoms with Gasteiger partial charge in [0.15, 0.2) is 0 Å². The van der Waals surface area contributed by atoms with Gasteiger partial charge >= 0.3 is 0 Å². The summed E-state index contributed by atoms with van der Waals surface area (Å²) in [7, 11) is 0. The minimum atomic E-state index is 0.519. The second kappa shape index (κ2) is 5.50. The van der Waals surface area contributed by atoms with Crippen molar-refractivity contribution in [2.75, 3.05) is 19.6 Å². The van der Waals surface area contributed by atoms with E-state index in [1.807, 2.05) is 0 Å². The van der Waals surface area contributed by atoms with Crippen LogP contribution < -0.4 is 5.32 Å². The van der Waals surface area contributed by atoms with Crippen molar-refractivity contribution in [2.24, 2.45) is 11.3 Å². The number of hydrogen-bond acceptors (Lipinski definition) is 2. The summed E-state index contributed by atoms with van der Waals surface area (Å²) in [5.41, 5.74) is 0.519. The minimum Gasteiger partial charge on any atom is -0.313 e. The molecule has 1 atom stereocenters. The molecule has 1 saturated heterocycles. The summed E-state index contributed by atoms with van der Waals surface area (Å²) in [4.78, 5) is 2.68. The predicted molar refractivity (Wildman–Crippen MR) is 71.7 cm³/mol. The first kappa shape index (κ1) is 14.0. The van der Waals surface area contributed by atoms with Gasteiger partial charge < -0.3 is 5.32 Å². The first-order chi connectivity index (χ1) is 7.32. The van der Waals surface area contributed by atoms with Crippen molar-refractivity contribution >= 4 is 0 Å². The first-order valence-corrected chi connectivity index (χ1v) is 6.79. The molecule has 1 rings (SSSR count). The van der Waals surface area contributed by atoms with Crippen molar-refractivity contribution in [2.45, 2.75) is 60.0 Å². The lowest BCUT2D eigenvalue weighted by Gasteiger charge is -2.33. The summed E-state index contributed by atoms with van der Waals surface area (Å²) < 4.78 is 0. The highest BCUT2D eigenvalue weighted by Gasteiger charge is 2.34. The maximum Gasteiger partial charge on any atom is 0.0243 e. The number of nitrogens with zero attached hydrogens (tertiary/aromatic N) is 1. The molecule has 0 radical (unpaired) electrons. The monoisotopic (exact) mass is 226 g/mol. The van der Waals surface area contributed by atoms with Gasteiger partial charge in [0.1, 0.15) is 0 Å². The molecular formula is C14H30N2. The Hall–Kier alpha value is -0.0800. The molecule has 1 heterocycles. The number of likely N-dealkylation sites (tertiary alicyclic amines) is 1. The lowest BCUT2D eigenvalue weighted by molar-refractivity contribution is 0.167. The van der Waals surface area contributed by atoms with E-state index in [1.54, 1.807) is 0 Å². The van der Waals surface area contributed by atoms with E-state index in [-0.39, 0.29) is 0 Å². The normalized spacial score (nSPS) is 23.2. The Morgan fingerprint density at radius 2 is 1.81 bits per heavy atom. The zero-order valence-electron chi connectivity index (χ0n) is 12.0. The van der Waals surface area contributed by atoms with Crippen molar-refractivity contribution in [3.05, 3.63) is 0 Å². The van der Waals surface area contributed by atoms with Crippen LogP contribution in [0, 0.1) is 11.3 Å². The topological polar surface area (TPSA) is 15.3 Å². The molecule has 1 N–H and O–H groups in total. The zero-order chi connectivity index (χ0) is 12.3. The molecule has 2 nitrogen and oxygen atoms in total. The Morgan fingerprint density at radius 1 is 1.19 bits per heavy atom. The highest BCUT2D eigenvalue weighted by Crippen LogP contribution is 2.31. The molecule has 0 bridgehead atoms. The third-order valence-electron chi connectivity index (χ3n) is 3.68. The van der Waals surface area contributed by atoms with Crippen LogP contribution in [0.15, 0.2) is 0 Å². The number of hydrogen-bond donors (Lipinski definition) is 1. The van der Waals surface area contributed by atoms with Crippen LogP contribution >= 0.6 is 0 Å². The molecule has 2 heteroatoms. The Balaban J connectivity index is 2.51. The van der Waals surface area contributed by atoms with Gasteiger partial charge in [-0.15, -0.1) is 0 Å². The average Bonchev–Trinajstić information content (AvgIpc) is 2.45. The van der Waals surface area contributed by atoms with Gasteiger partial charge in [0.25, 0.3) is 0 Å². The molecule has 0 aromatic heterocycles. The van der Waals surface area contributed by atoms with Gasteiger partial charge in [-0.1, -0.05) is 41.5 Å². The molecule has 0 aliphatic carbocycles. The second-order valence-corrected chi connectivity index (χ2v) is 6.76. The largest absolute Gasteiger partial charge is 0.313 e. The van der Waals surface area contributed by atoms with Crippen LogP contribution in [0.4, 0.5) is 0 Å². The molecule has 1 unspecified atom stereocenters. The third-order valence-corrected chi connectivity index (χ3v) is 3.68. The molecule has 16 heavy (non-hydrogen) atoms. The van der Waals surface area contributed by atoms with Crippen molar-refractivity contribution < 1.29 is 0 Å². The van der Waals surface area contributed by atoms with Crippen molar-refractivity contribution in [1.82, 2.24) is 10.2 Å². The maximum atomic E-state index is 3.59. The SMILES string of the molecule is CC(C)NCC(C(C)C)N1CCC(C)(C)C1. The zero-order valence-corrected chi connectivity index (χ0v) is 12.0. The van der Waals surface area contributed by atoms with E-state index < -0.39 is 0 Å². The smallest absolute Gasteiger partial charge is 0.0243 e. The van der Waals surface area contributed by atoms with Gasteiger partial charge in [-0.25, -0.2) is 0 Å². The fourth-order valence-corrected chi connectivity index (χ4v) is 2.58. The van der Waals surface area contributed by atoms with Crippen molar-refractivity contribution in [1.29, 1.82) is 0 Å². The predicted octanol–water partition coefficient (Wildman–Crippen LogP) is 2.74. The van der Waals surface area contributed by atoms with Crippen molar-refractivity contribution in [3.63, 3.8) is 0 Å². The summed E-state index contributed by atoms with van der Waals surface area (Å²) >= 11 is 0. The molecular weight excluding hydrogens is 196 g/mol. The molecule has 0 amide bonds. The second-order valence-electron chi connectivity index (χ2n) is 6.76. The van der Waals surface area contributed by atoms with Crippen LogP contribution in [0.25, 0.3) is 0 Å². The third kappa shape index (κ3) is 4.06. The van der Waals surface area contributed by atoms with Gasteiger partial charge in [0.2, 0.25) is 0 Å². The van der Waals surface area contributed by atoms with Crippen LogP contribution in [-0.2, 0) is 0 Å². The lowest BCUT2D eigenvalue weighted by Crippen LogP contribution is -2.46. The van der Waals surface area contributed by atoms with Crippen LogP contribution in [0.3, 0.4) is 0 Å². The molecule has 1 fully saturated rings. The van der Waals surface area contributed by atoms with Crippen LogP contribution in [0.5, 0.6) is 0 Å². The molecule has 0 saturated carbocycles. The van der Waals surface area contributed by atoms with E-state index in [1.165, 1.54) is 19.5 Å². The minimum absolute atomic E-state index is 0.519. The molecule has 1 aliphatic heterocycles. The summed E-state index contributed by atoms with van der Waals surface area (Å²) in [6, 6.07) is 1.29. The highest BCUT2D eigenvalue weighted by atomic mass is 15.2. The van der Waals surface area contributed by atoms with Crippen LogP contribution in [0.1, 0.15) is 48.0 Å². The van der Waals surface area contributed by atoms with Crippen LogP contribution in [-0.4, -0.2) is 36.6 Å². The van der Waals surface area contributed by atoms with Gasteiger partial charge in [-0.2, -0.15) is 0 Å². The Kier molecular flexibility index (Phi) is 4.81. The average molecular weight is 226 g/mol.